The molecule has 0 amide bonds. The molecule has 13 heteroatoms. The van der Waals surface area contributed by atoms with Crippen LogP contribution >= 0.6 is 22.9 Å². The van der Waals surface area contributed by atoms with Gasteiger partial charge in [0, 0.05) is 58.1 Å². The van der Waals surface area contributed by atoms with Crippen LogP contribution in [0.25, 0.3) is 5.57 Å². The van der Waals surface area contributed by atoms with Crippen molar-refractivity contribution in [1.82, 2.24) is 19.7 Å². The van der Waals surface area contributed by atoms with Gasteiger partial charge in [0.05, 0.1) is 5.69 Å². The molecular weight excluding hydrogens is 505 g/mol. The molecule has 4 heterocycles. The number of rotatable bonds is 4. The molecule has 3 aromatic rings. The second-order valence-electron chi connectivity index (χ2n) is 8.18. The molecule has 2 aliphatic heterocycles. The summed E-state index contributed by atoms with van der Waals surface area (Å²) in [5, 5.41) is 6.82. The van der Waals surface area contributed by atoms with Gasteiger partial charge < -0.3 is 10.6 Å². The largest absolute Gasteiger partial charge is 0.373 e. The van der Waals surface area contributed by atoms with Crippen molar-refractivity contribution in [3.05, 3.63) is 74.8 Å². The molecule has 2 aliphatic rings. The van der Waals surface area contributed by atoms with Crippen LogP contribution in [0.1, 0.15) is 42.2 Å². The molecular formula is C22H18ClF3N6O2S. The molecule has 0 radical (unpaired) electrons. The summed E-state index contributed by atoms with van der Waals surface area (Å²) in [5.41, 5.74) is 8.26. The lowest BCUT2D eigenvalue weighted by Gasteiger charge is -2.32. The summed E-state index contributed by atoms with van der Waals surface area (Å²) < 4.78 is 40.9. The van der Waals surface area contributed by atoms with Crippen molar-refractivity contribution in [2.75, 3.05) is 6.54 Å². The van der Waals surface area contributed by atoms with Crippen LogP contribution in [-0.4, -0.2) is 43.7 Å². The normalized spacial score (nSPS) is 21.4. The number of nitrogens with two attached hydrogens (primary N) is 1. The third-order valence-electron chi connectivity index (χ3n) is 5.47. The molecule has 5 rings (SSSR count). The van der Waals surface area contributed by atoms with Crippen LogP contribution < -0.4 is 5.73 Å². The number of aromatic nitrogens is 3. The predicted octanol–water partition coefficient (Wildman–Crippen LogP) is 4.28. The van der Waals surface area contributed by atoms with Gasteiger partial charge in [-0.25, -0.2) is 14.1 Å². The molecule has 1 aromatic carbocycles. The Balaban J connectivity index is 0.000000917. The first kappa shape index (κ1) is 24.8. The maximum Gasteiger partial charge on any atom is 0.373 e. The van der Waals surface area contributed by atoms with E-state index in [4.69, 9.17) is 31.9 Å². The fourth-order valence-corrected chi connectivity index (χ4v) is 5.09. The Hall–Kier alpha value is -3.31. The number of carbonyl (C=O) groups excluding carboxylic acids is 2. The smallest absolute Gasteiger partial charge is 0.326 e. The minimum Gasteiger partial charge on any atom is -0.326 e. The number of benzene rings is 1. The van der Waals surface area contributed by atoms with E-state index in [1.165, 1.54) is 35.7 Å². The lowest BCUT2D eigenvalue weighted by molar-refractivity contribution is -0.191. The maximum atomic E-state index is 13.8. The van der Waals surface area contributed by atoms with Crippen LogP contribution in [0.5, 0.6) is 0 Å². The highest BCUT2D eigenvalue weighted by Crippen LogP contribution is 2.47. The van der Waals surface area contributed by atoms with E-state index < -0.39 is 23.9 Å². The van der Waals surface area contributed by atoms with Crippen molar-refractivity contribution < 1.29 is 22.8 Å². The summed E-state index contributed by atoms with van der Waals surface area (Å²) in [7, 11) is 0. The van der Waals surface area contributed by atoms with E-state index in [0.29, 0.717) is 45.3 Å². The number of hydrogen-bond donors (Lipinski definition) is 1. The maximum absolute atomic E-state index is 13.8. The Morgan fingerprint density at radius 3 is 2.66 bits per heavy atom. The standard InChI is InChI=1S/C21H18ClF3N6S.CO2/c1-21(26)9-15-16(14-4-6-31(29-14)20(24)25)17(12-3-2-11(23)8-13(12)22)28-18(30(15)10-21)19-27-5-7-32-19;2-1-3/h2-8,17,20H,9-10,26H2,1H3;/t17-,21+;/m0./s1. The quantitative estimate of drug-likeness (QED) is 0.548. The van der Waals surface area contributed by atoms with Gasteiger partial charge in [0.15, 0.2) is 10.8 Å². The second-order valence-corrected chi connectivity index (χ2v) is 9.48. The van der Waals surface area contributed by atoms with Crippen LogP contribution in [0, 0.1) is 5.82 Å². The van der Waals surface area contributed by atoms with Gasteiger partial charge in [0.1, 0.15) is 11.9 Å². The number of thiazole rings is 1. The fourth-order valence-electron chi connectivity index (χ4n) is 4.18. The van der Waals surface area contributed by atoms with E-state index in [1.807, 2.05) is 17.2 Å². The Labute approximate surface area is 206 Å². The van der Waals surface area contributed by atoms with Gasteiger partial charge in [-0.05, 0) is 25.1 Å². The van der Waals surface area contributed by atoms with E-state index >= 15 is 0 Å². The number of aliphatic imine (C=N–C) groups is 1. The lowest BCUT2D eigenvalue weighted by Crippen LogP contribution is -2.41. The number of halogens is 4. The zero-order valence-electron chi connectivity index (χ0n) is 18.2. The number of nitrogens with zero attached hydrogens (tertiary/aromatic N) is 5. The summed E-state index contributed by atoms with van der Waals surface area (Å²) in [6, 6.07) is 4.90. The van der Waals surface area contributed by atoms with Gasteiger partial charge >= 0.3 is 12.7 Å². The highest BCUT2D eigenvalue weighted by Gasteiger charge is 2.44. The van der Waals surface area contributed by atoms with Crippen LogP contribution in [0.15, 0.2) is 52.7 Å². The summed E-state index contributed by atoms with van der Waals surface area (Å²) in [6.07, 6.45) is 3.63. The van der Waals surface area contributed by atoms with Gasteiger partial charge in [-0.15, -0.1) is 11.3 Å². The average Bonchev–Trinajstić information content (AvgIpc) is 3.52. The van der Waals surface area contributed by atoms with Crippen molar-refractivity contribution >= 4 is 40.5 Å². The van der Waals surface area contributed by atoms with E-state index in [0.717, 1.165) is 5.70 Å². The summed E-state index contributed by atoms with van der Waals surface area (Å²) in [4.78, 5) is 27.6. The van der Waals surface area contributed by atoms with Crippen LogP contribution in [0.4, 0.5) is 13.2 Å². The molecule has 0 bridgehead atoms. The third kappa shape index (κ3) is 4.92. The number of alkyl halides is 2. The molecule has 182 valence electrons. The summed E-state index contributed by atoms with van der Waals surface area (Å²) >= 11 is 7.84. The van der Waals surface area contributed by atoms with Gasteiger partial charge in [0.2, 0.25) is 0 Å². The minimum absolute atomic E-state index is 0.186. The second kappa shape index (κ2) is 9.74. The zero-order valence-corrected chi connectivity index (χ0v) is 19.7. The van der Waals surface area contributed by atoms with Crippen molar-refractivity contribution in [2.24, 2.45) is 10.7 Å². The summed E-state index contributed by atoms with van der Waals surface area (Å²) in [5.74, 6) is 0.138. The first-order chi connectivity index (χ1) is 16.6. The highest BCUT2D eigenvalue weighted by atomic mass is 35.5. The SMILES string of the molecule is C[C@@]1(N)CC2=C(c3ccn(C(F)F)n3)[C@H](c3ccc(F)cc3Cl)N=C(c3nccs3)N2C1.O=C=O. The third-order valence-corrected chi connectivity index (χ3v) is 6.57. The van der Waals surface area contributed by atoms with Crippen molar-refractivity contribution in [3.8, 4) is 0 Å². The molecule has 2 aromatic heterocycles. The molecule has 0 aliphatic carbocycles. The molecule has 1 saturated heterocycles. The van der Waals surface area contributed by atoms with E-state index in [9.17, 15) is 13.2 Å². The minimum atomic E-state index is -2.78. The summed E-state index contributed by atoms with van der Waals surface area (Å²) in [6.45, 7) is -0.379. The van der Waals surface area contributed by atoms with Crippen molar-refractivity contribution in [1.29, 1.82) is 0 Å². The molecule has 0 unspecified atom stereocenters. The monoisotopic (exact) mass is 522 g/mol. The first-order valence-corrected chi connectivity index (χ1v) is 11.5. The van der Waals surface area contributed by atoms with E-state index in [-0.39, 0.29) is 11.2 Å². The van der Waals surface area contributed by atoms with Crippen molar-refractivity contribution in [2.45, 2.75) is 31.5 Å². The van der Waals surface area contributed by atoms with Crippen LogP contribution in [-0.2, 0) is 9.59 Å². The van der Waals surface area contributed by atoms with Gasteiger partial charge in [-0.2, -0.15) is 23.5 Å². The highest BCUT2D eigenvalue weighted by molar-refractivity contribution is 7.11. The number of hydrogen-bond acceptors (Lipinski definition) is 8. The van der Waals surface area contributed by atoms with Crippen LogP contribution in [0.3, 0.4) is 0 Å². The topological polar surface area (TPSA) is 106 Å². The van der Waals surface area contributed by atoms with Crippen LogP contribution in [0.2, 0.25) is 5.02 Å². The van der Waals surface area contributed by atoms with Gasteiger partial charge in [0.25, 0.3) is 0 Å². The molecule has 8 nitrogen and oxygen atoms in total. The van der Waals surface area contributed by atoms with Gasteiger partial charge in [-0.3, -0.25) is 4.99 Å². The Kier molecular flexibility index (Phi) is 6.91. The molecule has 2 N–H and O–H groups in total. The first-order valence-electron chi connectivity index (χ1n) is 10.2. The number of amidine groups is 1. The van der Waals surface area contributed by atoms with E-state index in [2.05, 4.69) is 10.1 Å². The Bertz CT molecular complexity index is 1330. The van der Waals surface area contributed by atoms with Gasteiger partial charge in [-0.1, -0.05) is 17.7 Å². The fraction of sp³-hybridized carbons (Fsp3) is 0.273. The molecule has 0 saturated carbocycles. The lowest BCUT2D eigenvalue weighted by atomic mass is 9.91. The molecule has 2 atom stereocenters. The molecule has 35 heavy (non-hydrogen) atoms. The molecule has 1 fully saturated rings. The Morgan fingerprint density at radius 1 is 1.31 bits per heavy atom. The number of fused-ring (bicyclic) bond motifs is 1. The van der Waals surface area contributed by atoms with Crippen molar-refractivity contribution in [3.63, 3.8) is 0 Å². The predicted molar refractivity (Wildman–Crippen MR) is 122 cm³/mol. The Morgan fingerprint density at radius 2 is 2.06 bits per heavy atom. The average molecular weight is 523 g/mol. The zero-order chi connectivity index (χ0) is 25.3. The van der Waals surface area contributed by atoms with E-state index in [1.54, 1.807) is 12.3 Å². The molecule has 0 spiro atoms.